The van der Waals surface area contributed by atoms with Gasteiger partial charge in [0.1, 0.15) is 5.82 Å². The van der Waals surface area contributed by atoms with Crippen LogP contribution in [0.3, 0.4) is 0 Å². The minimum Gasteiger partial charge on any atom is -0.294 e. The van der Waals surface area contributed by atoms with Gasteiger partial charge in [-0.05, 0) is 29.3 Å². The van der Waals surface area contributed by atoms with Crippen molar-refractivity contribution in [3.05, 3.63) is 62.3 Å². The quantitative estimate of drug-likeness (QED) is 0.853. The molecule has 0 fully saturated rings. The minimum atomic E-state index is -0.289. The minimum absolute atomic E-state index is 0.112. The van der Waals surface area contributed by atoms with E-state index in [1.54, 1.807) is 19.2 Å². The number of hydrogen-bond acceptors (Lipinski definition) is 3. The Kier molecular flexibility index (Phi) is 3.78. The Hall–Kier alpha value is -1.72. The van der Waals surface area contributed by atoms with Gasteiger partial charge in [-0.15, -0.1) is 0 Å². The third kappa shape index (κ3) is 2.99. The standard InChI is InChI=1S/C15H15ClFN3O/c1-19-15(21)7-11-9-20(5-4-14(11)18-19)8-10-6-12(17)2-3-13(10)16/h2-3,6-7H,4-5,8-9H2,1H3. The van der Waals surface area contributed by atoms with Crippen molar-refractivity contribution in [3.8, 4) is 0 Å². The van der Waals surface area contributed by atoms with Crippen LogP contribution in [0, 0.1) is 5.82 Å². The summed E-state index contributed by atoms with van der Waals surface area (Å²) in [5, 5.41) is 4.84. The summed E-state index contributed by atoms with van der Waals surface area (Å²) >= 11 is 6.10. The lowest BCUT2D eigenvalue weighted by Crippen LogP contribution is -2.34. The first-order valence-electron chi connectivity index (χ1n) is 6.75. The molecule has 1 aromatic carbocycles. The molecule has 0 bridgehead atoms. The maximum Gasteiger partial charge on any atom is 0.266 e. The van der Waals surface area contributed by atoms with Crippen LogP contribution in [0.4, 0.5) is 4.39 Å². The van der Waals surface area contributed by atoms with E-state index in [1.165, 1.54) is 16.8 Å². The van der Waals surface area contributed by atoms with Crippen molar-refractivity contribution >= 4 is 11.6 Å². The lowest BCUT2D eigenvalue weighted by molar-refractivity contribution is 0.241. The first kappa shape index (κ1) is 14.2. The molecule has 21 heavy (non-hydrogen) atoms. The van der Waals surface area contributed by atoms with Crippen molar-refractivity contribution in [1.82, 2.24) is 14.7 Å². The predicted molar refractivity (Wildman–Crippen MR) is 78.7 cm³/mol. The van der Waals surface area contributed by atoms with Gasteiger partial charge in [0.05, 0.1) is 5.69 Å². The van der Waals surface area contributed by atoms with Gasteiger partial charge in [0.15, 0.2) is 0 Å². The summed E-state index contributed by atoms with van der Waals surface area (Å²) in [5.41, 5.74) is 2.55. The zero-order chi connectivity index (χ0) is 15.0. The van der Waals surface area contributed by atoms with Gasteiger partial charge in [-0.25, -0.2) is 9.07 Å². The Bertz CT molecular complexity index is 744. The van der Waals surface area contributed by atoms with Gasteiger partial charge in [0.2, 0.25) is 0 Å². The first-order valence-corrected chi connectivity index (χ1v) is 7.13. The molecule has 0 saturated heterocycles. The van der Waals surface area contributed by atoms with E-state index in [9.17, 15) is 9.18 Å². The lowest BCUT2D eigenvalue weighted by Gasteiger charge is -2.28. The third-order valence-electron chi connectivity index (χ3n) is 3.72. The molecule has 1 aliphatic heterocycles. The van der Waals surface area contributed by atoms with Crippen molar-refractivity contribution in [2.45, 2.75) is 19.5 Å². The van der Waals surface area contributed by atoms with Crippen LogP contribution in [-0.2, 0) is 26.6 Å². The topological polar surface area (TPSA) is 38.1 Å². The number of aryl methyl sites for hydroxylation is 1. The Morgan fingerprint density at radius 2 is 2.19 bits per heavy atom. The molecular formula is C15H15ClFN3O. The molecule has 0 N–H and O–H groups in total. The van der Waals surface area contributed by atoms with Gasteiger partial charge >= 0.3 is 0 Å². The van der Waals surface area contributed by atoms with Crippen molar-refractivity contribution in [1.29, 1.82) is 0 Å². The Labute approximate surface area is 126 Å². The molecule has 0 saturated carbocycles. The maximum absolute atomic E-state index is 13.3. The molecule has 1 aliphatic rings. The number of fused-ring (bicyclic) bond motifs is 1. The predicted octanol–water partition coefficient (Wildman–Crippen LogP) is 2.13. The summed E-state index contributed by atoms with van der Waals surface area (Å²) in [5.74, 6) is -0.289. The van der Waals surface area contributed by atoms with Crippen LogP contribution in [0.1, 0.15) is 16.8 Å². The highest BCUT2D eigenvalue weighted by Crippen LogP contribution is 2.22. The van der Waals surface area contributed by atoms with E-state index in [2.05, 4.69) is 10.00 Å². The monoisotopic (exact) mass is 307 g/mol. The molecule has 6 heteroatoms. The second-order valence-electron chi connectivity index (χ2n) is 5.27. The van der Waals surface area contributed by atoms with Gasteiger partial charge in [0, 0.05) is 44.2 Å². The lowest BCUT2D eigenvalue weighted by atomic mass is 10.1. The Morgan fingerprint density at radius 1 is 1.38 bits per heavy atom. The van der Waals surface area contributed by atoms with Gasteiger partial charge in [-0.3, -0.25) is 9.69 Å². The fraction of sp³-hybridized carbons (Fsp3) is 0.333. The summed E-state index contributed by atoms with van der Waals surface area (Å²) in [6.07, 6.45) is 0.774. The largest absolute Gasteiger partial charge is 0.294 e. The number of hydrogen-bond donors (Lipinski definition) is 0. The molecule has 0 amide bonds. The number of halogens is 2. The van der Waals surface area contributed by atoms with Crippen LogP contribution in [0.15, 0.2) is 29.1 Å². The maximum atomic E-state index is 13.3. The van der Waals surface area contributed by atoms with Crippen molar-refractivity contribution in [2.24, 2.45) is 7.05 Å². The molecule has 3 rings (SSSR count). The number of nitrogens with zero attached hydrogens (tertiary/aromatic N) is 3. The van der Waals surface area contributed by atoms with E-state index < -0.39 is 0 Å². The molecule has 0 radical (unpaired) electrons. The normalized spacial score (nSPS) is 15.0. The molecule has 0 atom stereocenters. The van der Waals surface area contributed by atoms with E-state index in [-0.39, 0.29) is 11.4 Å². The zero-order valence-corrected chi connectivity index (χ0v) is 12.4. The van der Waals surface area contributed by atoms with E-state index in [0.29, 0.717) is 18.1 Å². The molecule has 0 unspecified atom stereocenters. The van der Waals surface area contributed by atoms with E-state index in [1.807, 2.05) is 0 Å². The summed E-state index contributed by atoms with van der Waals surface area (Å²) < 4.78 is 14.7. The van der Waals surface area contributed by atoms with Crippen LogP contribution in [0.5, 0.6) is 0 Å². The third-order valence-corrected chi connectivity index (χ3v) is 4.09. The van der Waals surface area contributed by atoms with Crippen LogP contribution in [0.2, 0.25) is 5.02 Å². The fourth-order valence-electron chi connectivity index (χ4n) is 2.59. The molecule has 110 valence electrons. The summed E-state index contributed by atoms with van der Waals surface area (Å²) in [4.78, 5) is 13.8. The molecule has 2 heterocycles. The highest BCUT2D eigenvalue weighted by Gasteiger charge is 2.19. The van der Waals surface area contributed by atoms with Gasteiger partial charge < -0.3 is 0 Å². The SMILES string of the molecule is Cn1nc2c(cc1=O)CN(Cc1cc(F)ccc1Cl)CC2. The van der Waals surface area contributed by atoms with Gasteiger partial charge in [0.25, 0.3) is 5.56 Å². The van der Waals surface area contributed by atoms with Gasteiger partial charge in [-0.1, -0.05) is 11.6 Å². The first-order chi connectivity index (χ1) is 10.0. The number of aromatic nitrogens is 2. The summed E-state index contributed by atoms with van der Waals surface area (Å²) in [6, 6.07) is 6.01. The Morgan fingerprint density at radius 3 is 3.00 bits per heavy atom. The molecule has 4 nitrogen and oxygen atoms in total. The smallest absolute Gasteiger partial charge is 0.266 e. The zero-order valence-electron chi connectivity index (χ0n) is 11.6. The van der Waals surface area contributed by atoms with Gasteiger partial charge in [-0.2, -0.15) is 5.10 Å². The fourth-order valence-corrected chi connectivity index (χ4v) is 2.77. The summed E-state index contributed by atoms with van der Waals surface area (Å²) in [7, 11) is 1.65. The number of benzene rings is 1. The van der Waals surface area contributed by atoms with E-state index >= 15 is 0 Å². The molecule has 2 aromatic rings. The molecule has 0 spiro atoms. The van der Waals surface area contributed by atoms with E-state index in [4.69, 9.17) is 11.6 Å². The van der Waals surface area contributed by atoms with E-state index in [0.717, 1.165) is 29.8 Å². The van der Waals surface area contributed by atoms with Crippen molar-refractivity contribution < 1.29 is 4.39 Å². The van der Waals surface area contributed by atoms with Crippen LogP contribution < -0.4 is 5.56 Å². The molecule has 0 aliphatic carbocycles. The number of rotatable bonds is 2. The van der Waals surface area contributed by atoms with Crippen LogP contribution in [-0.4, -0.2) is 21.2 Å². The van der Waals surface area contributed by atoms with Crippen molar-refractivity contribution in [2.75, 3.05) is 6.54 Å². The summed E-state index contributed by atoms with van der Waals surface area (Å²) in [6.45, 7) is 2.00. The Balaban J connectivity index is 1.82. The molecular weight excluding hydrogens is 293 g/mol. The average Bonchev–Trinajstić information content (AvgIpc) is 2.44. The highest BCUT2D eigenvalue weighted by atomic mass is 35.5. The second-order valence-corrected chi connectivity index (χ2v) is 5.68. The van der Waals surface area contributed by atoms with Crippen LogP contribution in [0.25, 0.3) is 0 Å². The highest BCUT2D eigenvalue weighted by molar-refractivity contribution is 6.31. The average molecular weight is 308 g/mol. The molecule has 1 aromatic heterocycles. The van der Waals surface area contributed by atoms with Crippen LogP contribution >= 0.6 is 11.6 Å². The second kappa shape index (κ2) is 5.58. The van der Waals surface area contributed by atoms with Crippen molar-refractivity contribution in [3.63, 3.8) is 0 Å².